The highest BCUT2D eigenvalue weighted by molar-refractivity contribution is 7.21. The smallest absolute Gasteiger partial charge is 0.263 e. The minimum atomic E-state index is -0.0345. The molecule has 1 aromatic heterocycles. The van der Waals surface area contributed by atoms with Crippen LogP contribution in [-0.4, -0.2) is 25.0 Å². The van der Waals surface area contributed by atoms with Crippen molar-refractivity contribution in [3.05, 3.63) is 70.1 Å². The zero-order valence-electron chi connectivity index (χ0n) is 14.5. The van der Waals surface area contributed by atoms with Crippen LogP contribution in [0.4, 0.5) is 0 Å². The predicted octanol–water partition coefficient (Wildman–Crippen LogP) is 3.53. The van der Waals surface area contributed by atoms with Crippen LogP contribution in [0.3, 0.4) is 0 Å². The van der Waals surface area contributed by atoms with Crippen LogP contribution in [0.15, 0.2) is 54.6 Å². The van der Waals surface area contributed by atoms with Crippen molar-refractivity contribution >= 4 is 38.9 Å². The Kier molecular flexibility index (Phi) is 5.25. The minimum absolute atomic E-state index is 0.0345. The molecule has 1 saturated heterocycles. The molecule has 5 heteroatoms. The first-order chi connectivity index (χ1) is 12.7. The van der Waals surface area contributed by atoms with Crippen LogP contribution in [0, 0.1) is 0 Å². The molecular formula is C21H22ClN2OS+. The van der Waals surface area contributed by atoms with Gasteiger partial charge in [-0.25, -0.2) is 0 Å². The molecule has 134 valence electrons. The molecule has 1 aliphatic rings. The molecule has 0 aliphatic carbocycles. The van der Waals surface area contributed by atoms with Gasteiger partial charge >= 0.3 is 0 Å². The molecule has 1 amide bonds. The molecule has 1 aliphatic heterocycles. The van der Waals surface area contributed by atoms with Crippen molar-refractivity contribution < 1.29 is 9.69 Å². The third-order valence-electron chi connectivity index (χ3n) is 5.07. The summed E-state index contributed by atoms with van der Waals surface area (Å²) in [4.78, 5) is 14.9. The number of fused-ring (bicyclic) bond motifs is 1. The Labute approximate surface area is 162 Å². The fourth-order valence-corrected chi connectivity index (χ4v) is 5.06. The van der Waals surface area contributed by atoms with Gasteiger partial charge in [0.2, 0.25) is 0 Å². The van der Waals surface area contributed by atoms with Crippen LogP contribution in [0.5, 0.6) is 0 Å². The highest BCUT2D eigenvalue weighted by Crippen LogP contribution is 2.35. The van der Waals surface area contributed by atoms with E-state index < -0.39 is 0 Å². The topological polar surface area (TPSA) is 33.5 Å². The zero-order valence-corrected chi connectivity index (χ0v) is 16.1. The summed E-state index contributed by atoms with van der Waals surface area (Å²) < 4.78 is 1.06. The average Bonchev–Trinajstić information content (AvgIpc) is 3.01. The first kappa shape index (κ1) is 17.5. The van der Waals surface area contributed by atoms with Crippen molar-refractivity contribution in [1.82, 2.24) is 5.32 Å². The van der Waals surface area contributed by atoms with Gasteiger partial charge in [-0.3, -0.25) is 4.79 Å². The fraction of sp³-hybridized carbons (Fsp3) is 0.286. The number of hydrogen-bond donors (Lipinski definition) is 2. The van der Waals surface area contributed by atoms with E-state index in [4.69, 9.17) is 11.6 Å². The number of carbonyl (C=O) groups is 1. The third-order valence-corrected chi connectivity index (χ3v) is 6.74. The van der Waals surface area contributed by atoms with Gasteiger partial charge < -0.3 is 10.2 Å². The van der Waals surface area contributed by atoms with Crippen LogP contribution in [0.25, 0.3) is 10.1 Å². The van der Waals surface area contributed by atoms with Gasteiger partial charge in [-0.15, -0.1) is 11.3 Å². The Balaban J connectivity index is 1.35. The predicted molar refractivity (Wildman–Crippen MR) is 108 cm³/mol. The van der Waals surface area contributed by atoms with Crippen molar-refractivity contribution in [2.45, 2.75) is 25.4 Å². The van der Waals surface area contributed by atoms with E-state index in [1.807, 2.05) is 24.3 Å². The highest BCUT2D eigenvalue weighted by atomic mass is 35.5. The summed E-state index contributed by atoms with van der Waals surface area (Å²) in [5.74, 6) is -0.0345. The molecule has 0 bridgehead atoms. The van der Waals surface area contributed by atoms with Gasteiger partial charge in [0.1, 0.15) is 11.4 Å². The van der Waals surface area contributed by atoms with Gasteiger partial charge in [0, 0.05) is 34.5 Å². The molecule has 0 saturated carbocycles. The molecule has 0 unspecified atom stereocenters. The lowest BCUT2D eigenvalue weighted by Gasteiger charge is -2.29. The number of hydrogen-bond acceptors (Lipinski definition) is 2. The Morgan fingerprint density at radius 2 is 1.77 bits per heavy atom. The summed E-state index contributed by atoms with van der Waals surface area (Å²) in [5.41, 5.74) is 1.38. The third kappa shape index (κ3) is 3.78. The van der Waals surface area contributed by atoms with Crippen LogP contribution in [0.1, 0.15) is 28.1 Å². The number of piperidine rings is 1. The van der Waals surface area contributed by atoms with E-state index in [1.165, 1.54) is 16.9 Å². The minimum Gasteiger partial charge on any atom is -0.348 e. The van der Waals surface area contributed by atoms with Gasteiger partial charge in [0.25, 0.3) is 5.91 Å². The van der Waals surface area contributed by atoms with Crippen molar-refractivity contribution in [2.75, 3.05) is 13.1 Å². The molecule has 4 rings (SSSR count). The summed E-state index contributed by atoms with van der Waals surface area (Å²) in [7, 11) is 0. The number of rotatable bonds is 4. The molecule has 26 heavy (non-hydrogen) atoms. The number of halogens is 1. The molecule has 2 aromatic carbocycles. The molecule has 2 heterocycles. The van der Waals surface area contributed by atoms with Crippen LogP contribution in [0.2, 0.25) is 5.02 Å². The average molecular weight is 386 g/mol. The molecule has 3 nitrogen and oxygen atoms in total. The van der Waals surface area contributed by atoms with E-state index in [2.05, 4.69) is 35.6 Å². The van der Waals surface area contributed by atoms with Crippen LogP contribution < -0.4 is 10.2 Å². The lowest BCUT2D eigenvalue weighted by atomic mass is 10.0. The van der Waals surface area contributed by atoms with Gasteiger partial charge in [0.05, 0.1) is 18.1 Å². The van der Waals surface area contributed by atoms with E-state index in [-0.39, 0.29) is 11.9 Å². The maximum atomic E-state index is 12.7. The molecular weight excluding hydrogens is 364 g/mol. The zero-order chi connectivity index (χ0) is 17.9. The molecule has 0 atom stereocenters. The van der Waals surface area contributed by atoms with E-state index in [0.29, 0.717) is 9.90 Å². The summed E-state index contributed by atoms with van der Waals surface area (Å²) in [5, 5.41) is 4.74. The number of benzene rings is 2. The van der Waals surface area contributed by atoms with E-state index >= 15 is 0 Å². The molecule has 1 fully saturated rings. The molecule has 2 N–H and O–H groups in total. The van der Waals surface area contributed by atoms with E-state index in [9.17, 15) is 4.79 Å². The Morgan fingerprint density at radius 3 is 2.50 bits per heavy atom. The van der Waals surface area contributed by atoms with Crippen LogP contribution in [-0.2, 0) is 6.54 Å². The summed E-state index contributed by atoms with van der Waals surface area (Å²) in [6, 6.07) is 18.8. The number of amides is 1. The second-order valence-electron chi connectivity index (χ2n) is 6.90. The first-order valence-corrected chi connectivity index (χ1v) is 10.3. The lowest BCUT2D eigenvalue weighted by molar-refractivity contribution is -0.918. The Bertz CT molecular complexity index is 901. The monoisotopic (exact) mass is 385 g/mol. The van der Waals surface area contributed by atoms with Gasteiger partial charge in [0.15, 0.2) is 0 Å². The standard InChI is InChI=1S/C21H21ClN2OS/c22-19-17-8-4-5-9-18(17)26-20(19)21(25)23-16-10-12-24(13-11-16)14-15-6-2-1-3-7-15/h1-9,16H,10-14H2,(H,23,25)/p+1. The number of carbonyl (C=O) groups excluding carboxylic acids is 1. The maximum Gasteiger partial charge on any atom is 0.263 e. The Morgan fingerprint density at radius 1 is 1.08 bits per heavy atom. The number of nitrogens with one attached hydrogen (secondary N) is 2. The lowest BCUT2D eigenvalue weighted by Crippen LogP contribution is -3.12. The van der Waals surface area contributed by atoms with Crippen LogP contribution >= 0.6 is 22.9 Å². The molecule has 0 radical (unpaired) electrons. The second kappa shape index (κ2) is 7.78. The van der Waals surface area contributed by atoms with Crippen molar-refractivity contribution in [2.24, 2.45) is 0 Å². The maximum absolute atomic E-state index is 12.7. The van der Waals surface area contributed by atoms with Gasteiger partial charge in [-0.1, -0.05) is 60.1 Å². The number of likely N-dealkylation sites (tertiary alicyclic amines) is 1. The summed E-state index contributed by atoms with van der Waals surface area (Å²) >= 11 is 7.90. The first-order valence-electron chi connectivity index (χ1n) is 9.06. The second-order valence-corrected chi connectivity index (χ2v) is 8.33. The van der Waals surface area contributed by atoms with Crippen molar-refractivity contribution in [3.8, 4) is 0 Å². The van der Waals surface area contributed by atoms with Gasteiger partial charge in [-0.2, -0.15) is 0 Å². The Hall–Kier alpha value is -1.88. The van der Waals surface area contributed by atoms with Crippen molar-refractivity contribution in [1.29, 1.82) is 0 Å². The van der Waals surface area contributed by atoms with E-state index in [1.54, 1.807) is 4.90 Å². The van der Waals surface area contributed by atoms with Crippen molar-refractivity contribution in [3.63, 3.8) is 0 Å². The highest BCUT2D eigenvalue weighted by Gasteiger charge is 2.25. The largest absolute Gasteiger partial charge is 0.348 e. The quantitative estimate of drug-likeness (QED) is 0.707. The SMILES string of the molecule is O=C(NC1CC[NH+](Cc2ccccc2)CC1)c1sc2ccccc2c1Cl. The molecule has 3 aromatic rings. The summed E-state index contributed by atoms with van der Waals surface area (Å²) in [6.45, 7) is 3.23. The van der Waals surface area contributed by atoms with Gasteiger partial charge in [-0.05, 0) is 6.07 Å². The fourth-order valence-electron chi connectivity index (χ4n) is 3.64. The normalized spacial score (nSPS) is 20.2. The number of quaternary nitrogens is 1. The molecule has 0 spiro atoms. The summed E-state index contributed by atoms with van der Waals surface area (Å²) in [6.07, 6.45) is 2.02. The van der Waals surface area contributed by atoms with E-state index in [0.717, 1.165) is 42.6 Å². The number of thiophene rings is 1.